The van der Waals surface area contributed by atoms with Crippen LogP contribution in [0.25, 0.3) is 157 Å². The van der Waals surface area contributed by atoms with Crippen molar-refractivity contribution in [2.75, 3.05) is 0 Å². The van der Waals surface area contributed by atoms with Gasteiger partial charge in [0, 0.05) is 66.1 Å². The van der Waals surface area contributed by atoms with E-state index in [9.17, 15) is 0 Å². The average Bonchev–Trinajstić information content (AvgIpc) is 1.57. The lowest BCUT2D eigenvalue weighted by molar-refractivity contribution is 1.04. The molecule has 9 nitrogen and oxygen atoms in total. The molecule has 0 amide bonds. The van der Waals surface area contributed by atoms with Crippen molar-refractivity contribution in [2.24, 2.45) is 0 Å². The second-order valence-electron chi connectivity index (χ2n) is 22.3. The fraction of sp³-hybridized carbons (Fsp3) is 0.0253. The molecule has 0 aliphatic carbocycles. The van der Waals surface area contributed by atoms with Crippen LogP contribution in [0.2, 0.25) is 0 Å². The van der Waals surface area contributed by atoms with Crippen molar-refractivity contribution in [3.8, 4) is 113 Å². The van der Waals surface area contributed by atoms with Crippen molar-refractivity contribution in [3.05, 3.63) is 296 Å². The second kappa shape index (κ2) is 21.7. The van der Waals surface area contributed by atoms with Crippen molar-refractivity contribution in [1.82, 2.24) is 44.0 Å². The first kappa shape index (κ1) is 51.8. The highest BCUT2D eigenvalue weighted by Gasteiger charge is 2.28. The highest BCUT2D eigenvalue weighted by Crippen LogP contribution is 2.46. The minimum atomic E-state index is 0.466. The highest BCUT2D eigenvalue weighted by atomic mass is 15.1. The molecule has 16 aromatic rings. The molecule has 0 unspecified atom stereocenters. The Bertz CT molecular complexity index is 5140. The second-order valence-corrected chi connectivity index (χ2v) is 22.3. The number of nitrogens with zero attached hydrogens (tertiary/aromatic N) is 9. The summed E-state index contributed by atoms with van der Waals surface area (Å²) in [6, 6.07) is 99.5. The first-order chi connectivity index (χ1) is 43.4. The number of rotatable bonds is 11. The van der Waals surface area contributed by atoms with Crippen LogP contribution in [0.15, 0.2) is 285 Å². The third-order valence-electron chi connectivity index (χ3n) is 16.5. The zero-order chi connectivity index (χ0) is 58.7. The van der Waals surface area contributed by atoms with E-state index in [1.807, 2.05) is 103 Å². The van der Waals surface area contributed by atoms with Gasteiger partial charge in [-0.3, -0.25) is 0 Å². The maximum atomic E-state index is 5.60. The molecular formula is C79H53N9. The molecule has 88 heavy (non-hydrogen) atoms. The number of pyridine rings is 1. The lowest BCUT2D eigenvalue weighted by atomic mass is 10.0. The summed E-state index contributed by atoms with van der Waals surface area (Å²) in [6.45, 7) is 4.33. The number of aromatic nitrogens is 9. The normalized spacial score (nSPS) is 11.5. The van der Waals surface area contributed by atoms with Gasteiger partial charge in [-0.2, -0.15) is 0 Å². The van der Waals surface area contributed by atoms with Crippen molar-refractivity contribution in [1.29, 1.82) is 0 Å². The van der Waals surface area contributed by atoms with E-state index in [0.717, 1.165) is 133 Å². The predicted molar refractivity (Wildman–Crippen MR) is 358 cm³/mol. The molecular weight excluding hydrogens is 1070 g/mol. The zero-order valence-electron chi connectivity index (χ0n) is 48.2. The van der Waals surface area contributed by atoms with Gasteiger partial charge in [0.05, 0.1) is 44.8 Å². The van der Waals surface area contributed by atoms with E-state index in [1.165, 1.54) is 0 Å². The number of hydrogen-bond donors (Lipinski definition) is 0. The van der Waals surface area contributed by atoms with Crippen molar-refractivity contribution < 1.29 is 0 Å². The summed E-state index contributed by atoms with van der Waals surface area (Å²) in [5.74, 6) is 3.12. The molecule has 5 heterocycles. The van der Waals surface area contributed by atoms with Gasteiger partial charge in [-0.1, -0.05) is 223 Å². The fourth-order valence-corrected chi connectivity index (χ4v) is 12.3. The third kappa shape index (κ3) is 9.35. The summed E-state index contributed by atoms with van der Waals surface area (Å²) in [7, 11) is 0. The van der Waals surface area contributed by atoms with Gasteiger partial charge in [0.25, 0.3) is 0 Å². The topological polar surface area (TPSA) is 100 Å². The van der Waals surface area contributed by atoms with Crippen molar-refractivity contribution in [3.63, 3.8) is 0 Å². The molecule has 0 aliphatic heterocycles. The fourth-order valence-electron chi connectivity index (χ4n) is 12.3. The van der Waals surface area contributed by atoms with Gasteiger partial charge in [0.15, 0.2) is 34.9 Å². The summed E-state index contributed by atoms with van der Waals surface area (Å²) in [4.78, 5) is 37.8. The van der Waals surface area contributed by atoms with E-state index in [1.54, 1.807) is 0 Å². The maximum absolute atomic E-state index is 5.60. The lowest BCUT2D eigenvalue weighted by Gasteiger charge is -2.22. The molecule has 414 valence electrons. The molecule has 0 atom stereocenters. The third-order valence-corrected chi connectivity index (χ3v) is 16.5. The Hall–Kier alpha value is -11.8. The van der Waals surface area contributed by atoms with E-state index in [4.69, 9.17) is 34.9 Å². The van der Waals surface area contributed by atoms with Gasteiger partial charge in [-0.15, -0.1) is 0 Å². The van der Waals surface area contributed by atoms with Crippen LogP contribution in [0.1, 0.15) is 11.1 Å². The standard InChI is InChI=1S/C79H53N9/c1-50-36-40-68-61(44-50)62-45-51(2)37-41-69(62)87(68)72-49-60(78-83-74(54-26-13-5-14-27-54)81-75(84-78)55-28-15-6-16-29-55)48-65(79-85-76(56-30-17-7-18-31-56)82-77(86-79)57-32-19-8-20-33-57)73(72)88-70-42-38-58(52-22-9-3-10-23-52)46-63(70)64-47-59(39-43-71(64)88)67-35-21-34-66(80-67)53-24-11-4-12-25-53/h3-49H,1-2H3. The molecule has 16 rings (SSSR count). The monoisotopic (exact) mass is 1130 g/mol. The Morgan fingerprint density at radius 2 is 0.580 bits per heavy atom. The van der Waals surface area contributed by atoms with Gasteiger partial charge in [-0.05, 0) is 97.8 Å². The Balaban J connectivity index is 1.08. The van der Waals surface area contributed by atoms with Crippen LogP contribution in [-0.2, 0) is 0 Å². The van der Waals surface area contributed by atoms with Gasteiger partial charge in [0.1, 0.15) is 0 Å². The number of fused-ring (bicyclic) bond motifs is 6. The Kier molecular flexibility index (Phi) is 12.8. The van der Waals surface area contributed by atoms with E-state index < -0.39 is 0 Å². The quantitative estimate of drug-likeness (QED) is 0.127. The van der Waals surface area contributed by atoms with Gasteiger partial charge in [0.2, 0.25) is 0 Å². The number of benzene rings is 11. The summed E-state index contributed by atoms with van der Waals surface area (Å²) in [5, 5.41) is 4.39. The van der Waals surface area contributed by atoms with E-state index in [2.05, 4.69) is 205 Å². The van der Waals surface area contributed by atoms with E-state index >= 15 is 0 Å². The molecule has 0 N–H and O–H groups in total. The van der Waals surface area contributed by atoms with Crippen molar-refractivity contribution in [2.45, 2.75) is 13.8 Å². The molecule has 0 fully saturated rings. The molecule has 0 radical (unpaired) electrons. The smallest absolute Gasteiger partial charge is 0.166 e. The largest absolute Gasteiger partial charge is 0.307 e. The Morgan fingerprint density at radius 1 is 0.227 bits per heavy atom. The molecule has 0 saturated carbocycles. The summed E-state index contributed by atoms with van der Waals surface area (Å²) >= 11 is 0. The molecule has 9 heteroatoms. The van der Waals surface area contributed by atoms with Gasteiger partial charge in [-0.25, -0.2) is 34.9 Å². The zero-order valence-corrected chi connectivity index (χ0v) is 48.2. The van der Waals surface area contributed by atoms with Crippen LogP contribution in [0, 0.1) is 13.8 Å². The number of aryl methyl sites for hydroxylation is 2. The lowest BCUT2D eigenvalue weighted by Crippen LogP contribution is -2.09. The molecule has 0 bridgehead atoms. The van der Waals surface area contributed by atoms with Gasteiger partial charge >= 0.3 is 0 Å². The Morgan fingerprint density at radius 3 is 1.05 bits per heavy atom. The van der Waals surface area contributed by atoms with Crippen LogP contribution in [0.5, 0.6) is 0 Å². The van der Waals surface area contributed by atoms with Crippen molar-refractivity contribution >= 4 is 43.6 Å². The van der Waals surface area contributed by atoms with E-state index in [-0.39, 0.29) is 0 Å². The molecule has 0 aliphatic rings. The minimum absolute atomic E-state index is 0.466. The van der Waals surface area contributed by atoms with E-state index in [0.29, 0.717) is 34.9 Å². The molecule has 0 spiro atoms. The highest BCUT2D eigenvalue weighted by molar-refractivity contribution is 6.14. The molecule has 5 aromatic heterocycles. The summed E-state index contributed by atoms with van der Waals surface area (Å²) in [5.41, 5.74) is 19.0. The summed E-state index contributed by atoms with van der Waals surface area (Å²) < 4.78 is 4.85. The molecule has 11 aromatic carbocycles. The van der Waals surface area contributed by atoms with Crippen LogP contribution < -0.4 is 0 Å². The first-order valence-corrected chi connectivity index (χ1v) is 29.5. The number of hydrogen-bond acceptors (Lipinski definition) is 7. The first-order valence-electron chi connectivity index (χ1n) is 29.5. The van der Waals surface area contributed by atoms with Crippen LogP contribution in [0.3, 0.4) is 0 Å². The minimum Gasteiger partial charge on any atom is -0.307 e. The maximum Gasteiger partial charge on any atom is 0.166 e. The summed E-state index contributed by atoms with van der Waals surface area (Å²) in [6.07, 6.45) is 0. The predicted octanol–water partition coefficient (Wildman–Crippen LogP) is 19.3. The van der Waals surface area contributed by atoms with Crippen LogP contribution in [0.4, 0.5) is 0 Å². The van der Waals surface area contributed by atoms with Crippen LogP contribution in [-0.4, -0.2) is 44.0 Å². The van der Waals surface area contributed by atoms with Crippen LogP contribution >= 0.6 is 0 Å². The average molecular weight is 1130 g/mol. The SMILES string of the molecule is Cc1ccc2c(c1)c1cc(C)ccc1n2-c1cc(-c2nc(-c3ccccc3)nc(-c3ccccc3)n2)cc(-c2nc(-c3ccccc3)nc(-c3ccccc3)n2)c1-n1c2ccc(-c3ccccc3)cc2c2cc(-c3cccc(-c4ccccc4)n3)ccc21. The molecule has 0 saturated heterocycles. The Labute approximate surface area is 508 Å². The van der Waals surface area contributed by atoms with Gasteiger partial charge < -0.3 is 9.13 Å².